The molecule has 244 valence electrons. The van der Waals surface area contributed by atoms with Crippen molar-refractivity contribution in [3.63, 3.8) is 0 Å². The number of nitrogen functional groups attached to an aromatic ring is 1. The molecule has 45 heavy (non-hydrogen) atoms. The topological polar surface area (TPSA) is 282 Å². The summed E-state index contributed by atoms with van der Waals surface area (Å²) < 4.78 is 40.9. The normalized spacial score (nSPS) is 19.1. The first-order chi connectivity index (χ1) is 21.2. The molecule has 2 aliphatic rings. The second-order valence-electron chi connectivity index (χ2n) is 10.2. The number of nitrogens with two attached hydrogens (primary N) is 2. The van der Waals surface area contributed by atoms with Crippen LogP contribution in [0.1, 0.15) is 31.1 Å². The van der Waals surface area contributed by atoms with Gasteiger partial charge in [0.25, 0.3) is 17.9 Å². The zero-order chi connectivity index (χ0) is 32.9. The van der Waals surface area contributed by atoms with E-state index in [4.69, 9.17) is 25.6 Å². The summed E-state index contributed by atoms with van der Waals surface area (Å²) in [5.74, 6) is -2.49. The van der Waals surface area contributed by atoms with Gasteiger partial charge >= 0.3 is 16.4 Å². The minimum Gasteiger partial charge on any atom is -0.489 e. The molecule has 0 spiro atoms. The lowest BCUT2D eigenvalue weighted by Gasteiger charge is -2.50. The smallest absolute Gasteiger partial charge is 0.418 e. The van der Waals surface area contributed by atoms with E-state index in [1.54, 1.807) is 24.3 Å². The average Bonchev–Trinajstić information content (AvgIpc) is 3.66. The fourth-order valence-electron chi connectivity index (χ4n) is 4.11. The van der Waals surface area contributed by atoms with Crippen molar-refractivity contribution in [2.45, 2.75) is 37.6 Å². The van der Waals surface area contributed by atoms with Gasteiger partial charge in [0.1, 0.15) is 24.1 Å². The number of aliphatic imine (C=N–C) groups is 1. The Morgan fingerprint density at radius 3 is 2.58 bits per heavy atom. The van der Waals surface area contributed by atoms with Crippen LogP contribution >= 0.6 is 11.3 Å². The van der Waals surface area contributed by atoms with Gasteiger partial charge in [0.2, 0.25) is 0 Å². The summed E-state index contributed by atoms with van der Waals surface area (Å²) in [6, 6.07) is 4.98. The molecule has 2 aromatic rings. The molecule has 0 saturated carbocycles. The number of rotatable bonds is 14. The van der Waals surface area contributed by atoms with E-state index in [-0.39, 0.29) is 16.9 Å². The molecule has 0 bridgehead atoms. The van der Waals surface area contributed by atoms with E-state index in [0.717, 1.165) is 23.4 Å². The Morgan fingerprint density at radius 1 is 1.31 bits per heavy atom. The van der Waals surface area contributed by atoms with Gasteiger partial charge in [0.15, 0.2) is 16.8 Å². The summed E-state index contributed by atoms with van der Waals surface area (Å²) in [4.78, 5) is 50.9. The van der Waals surface area contributed by atoms with Crippen LogP contribution in [-0.2, 0) is 33.9 Å². The fraction of sp³-hybridized carbons (Fsp3) is 0.417. The third kappa shape index (κ3) is 8.33. The van der Waals surface area contributed by atoms with Gasteiger partial charge in [0, 0.05) is 24.5 Å². The number of nitrogens with zero attached hydrogens (tertiary/aromatic N) is 4. The Balaban J connectivity index is 1.40. The SMILES string of the molecule is CC1(C)[C@H](NC(=O)/C(=N\O[C@@H](COc2ccc([C@H](N)CNC3=NCCN3)cc2)C(=O)O)c2csc(N)n2)C(=O)N1OS(=O)(=O)O. The van der Waals surface area contributed by atoms with Crippen LogP contribution < -0.4 is 32.2 Å². The van der Waals surface area contributed by atoms with Gasteiger partial charge in [0.05, 0.1) is 12.1 Å². The van der Waals surface area contributed by atoms with Crippen LogP contribution in [0.15, 0.2) is 39.8 Å². The number of hydrogen-bond donors (Lipinski definition) is 7. The number of β-lactam (4-membered cyclic amide) rings is 1. The van der Waals surface area contributed by atoms with E-state index in [1.807, 2.05) is 0 Å². The van der Waals surface area contributed by atoms with Gasteiger partial charge in [-0.3, -0.25) is 19.1 Å². The number of benzene rings is 1. The lowest BCUT2D eigenvalue weighted by atomic mass is 9.84. The second-order valence-corrected chi connectivity index (χ2v) is 12.1. The zero-order valence-electron chi connectivity index (χ0n) is 23.9. The summed E-state index contributed by atoms with van der Waals surface area (Å²) in [6.45, 7) is 4.10. The maximum atomic E-state index is 13.2. The van der Waals surface area contributed by atoms with Crippen LogP contribution in [0.2, 0.25) is 0 Å². The average molecular weight is 670 g/mol. The van der Waals surface area contributed by atoms with Gasteiger partial charge in [-0.25, -0.2) is 9.78 Å². The van der Waals surface area contributed by atoms with Crippen molar-refractivity contribution in [2.24, 2.45) is 15.9 Å². The van der Waals surface area contributed by atoms with E-state index < -0.39 is 58.2 Å². The maximum Gasteiger partial charge on any atom is 0.418 e. The van der Waals surface area contributed by atoms with E-state index in [0.29, 0.717) is 29.9 Å². The predicted octanol–water partition coefficient (Wildman–Crippen LogP) is -1.63. The number of ether oxygens (including phenoxy) is 1. The Hall–Kier alpha value is -4.57. The van der Waals surface area contributed by atoms with Crippen molar-refractivity contribution in [1.29, 1.82) is 0 Å². The molecule has 0 radical (unpaired) electrons. The highest BCUT2D eigenvalue weighted by Gasteiger charge is 2.58. The molecule has 3 atom stereocenters. The standard InChI is InChI=1S/C24H31N9O10S2/c1-24(2)18(20(35)33(24)43-45(38,39)40)31-19(34)17(15-11-44-22(26)30-15)32-42-16(21(36)37)10-41-13-5-3-12(4-6-13)14(25)9-29-23-27-7-8-28-23/h3-6,11,14,16,18H,7-10,25H2,1-2H3,(H2,26,30)(H,31,34)(H,36,37)(H2,27,28,29)(H,38,39,40)/b32-17-/t14-,16+,18-/m1/s1. The molecule has 0 aliphatic carbocycles. The Bertz CT molecular complexity index is 1590. The van der Waals surface area contributed by atoms with Crippen LogP contribution in [0.25, 0.3) is 0 Å². The van der Waals surface area contributed by atoms with Crippen LogP contribution in [-0.4, -0.2) is 102 Å². The van der Waals surface area contributed by atoms with Gasteiger partial charge in [-0.15, -0.1) is 15.6 Å². The van der Waals surface area contributed by atoms with Gasteiger partial charge < -0.3 is 42.1 Å². The van der Waals surface area contributed by atoms with Gasteiger partial charge in [-0.1, -0.05) is 17.3 Å². The first-order valence-electron chi connectivity index (χ1n) is 13.2. The number of aliphatic carboxylic acids is 1. The molecule has 2 amide bonds. The molecule has 1 saturated heterocycles. The molecule has 19 nitrogen and oxygen atoms in total. The number of oxime groups is 1. The number of carbonyl (C=O) groups excluding carboxylic acids is 2. The minimum absolute atomic E-state index is 0.0549. The lowest BCUT2D eigenvalue weighted by Crippen LogP contribution is -2.76. The van der Waals surface area contributed by atoms with Crippen LogP contribution in [0.5, 0.6) is 5.75 Å². The number of amides is 2. The second kappa shape index (κ2) is 13.6. The van der Waals surface area contributed by atoms with Crippen molar-refractivity contribution in [3.05, 3.63) is 40.9 Å². The minimum atomic E-state index is -5.02. The molecule has 9 N–H and O–H groups in total. The van der Waals surface area contributed by atoms with Gasteiger partial charge in [-0.05, 0) is 31.5 Å². The van der Waals surface area contributed by atoms with E-state index in [2.05, 4.69) is 35.4 Å². The number of aromatic nitrogens is 1. The van der Waals surface area contributed by atoms with E-state index >= 15 is 0 Å². The maximum absolute atomic E-state index is 13.2. The number of carboxylic acid groups (broad SMARTS) is 1. The Kier molecular flexibility index (Phi) is 10.1. The highest BCUT2D eigenvalue weighted by atomic mass is 32.3. The third-order valence-electron chi connectivity index (χ3n) is 6.52. The summed E-state index contributed by atoms with van der Waals surface area (Å²) in [5.41, 5.74) is 10.6. The number of anilines is 1. The zero-order valence-corrected chi connectivity index (χ0v) is 25.5. The van der Waals surface area contributed by atoms with Gasteiger partial charge in [-0.2, -0.15) is 13.5 Å². The lowest BCUT2D eigenvalue weighted by molar-refractivity contribution is -0.218. The van der Waals surface area contributed by atoms with Crippen molar-refractivity contribution in [3.8, 4) is 5.75 Å². The number of hydrogen-bond acceptors (Lipinski definition) is 16. The summed E-state index contributed by atoms with van der Waals surface area (Å²) >= 11 is 0.954. The molecule has 1 fully saturated rings. The molecule has 3 heterocycles. The number of carbonyl (C=O) groups is 3. The predicted molar refractivity (Wildman–Crippen MR) is 158 cm³/mol. The quantitative estimate of drug-likeness (QED) is 0.0514. The molecule has 2 aliphatic heterocycles. The monoisotopic (exact) mass is 669 g/mol. The third-order valence-corrected chi connectivity index (χ3v) is 7.53. The highest BCUT2D eigenvalue weighted by Crippen LogP contribution is 2.33. The molecular weight excluding hydrogens is 638 g/mol. The van der Waals surface area contributed by atoms with E-state index in [1.165, 1.54) is 19.2 Å². The number of hydroxylamine groups is 2. The van der Waals surface area contributed by atoms with Crippen LogP contribution in [0.3, 0.4) is 0 Å². The van der Waals surface area contributed by atoms with Crippen LogP contribution in [0.4, 0.5) is 5.13 Å². The van der Waals surface area contributed by atoms with Crippen LogP contribution in [0, 0.1) is 0 Å². The number of thiazole rings is 1. The summed E-state index contributed by atoms with van der Waals surface area (Å²) in [7, 11) is -5.02. The Morgan fingerprint density at radius 2 is 2.02 bits per heavy atom. The molecule has 21 heteroatoms. The Labute approximate surface area is 260 Å². The molecule has 4 rings (SSSR count). The summed E-state index contributed by atoms with van der Waals surface area (Å²) in [5, 5.41) is 23.7. The molecule has 1 aromatic carbocycles. The van der Waals surface area contributed by atoms with Crippen molar-refractivity contribution < 1.29 is 46.3 Å². The molecule has 1 aromatic heterocycles. The molecule has 0 unspecified atom stereocenters. The highest BCUT2D eigenvalue weighted by molar-refractivity contribution is 7.80. The first-order valence-corrected chi connectivity index (χ1v) is 15.4. The van der Waals surface area contributed by atoms with Crippen molar-refractivity contribution in [2.75, 3.05) is 32.0 Å². The first kappa shape index (κ1) is 33.3. The molecular formula is C24H31N9O10S2. The number of carboxylic acids is 1. The largest absolute Gasteiger partial charge is 0.489 e. The number of nitrogens with one attached hydrogen (secondary N) is 3. The fourth-order valence-corrected chi connectivity index (χ4v) is 5.11. The summed E-state index contributed by atoms with van der Waals surface area (Å²) in [6.07, 6.45) is -1.69. The van der Waals surface area contributed by atoms with Crippen molar-refractivity contribution >= 4 is 56.3 Å². The van der Waals surface area contributed by atoms with Crippen molar-refractivity contribution in [1.82, 2.24) is 26.0 Å². The number of guanidine groups is 1. The van der Waals surface area contributed by atoms with E-state index in [9.17, 15) is 27.9 Å².